The van der Waals surface area contributed by atoms with Crippen molar-refractivity contribution in [1.82, 2.24) is 4.72 Å². The van der Waals surface area contributed by atoms with Crippen LogP contribution in [0.15, 0.2) is 23.1 Å². The molecule has 0 spiro atoms. The van der Waals surface area contributed by atoms with Crippen molar-refractivity contribution in [3.05, 3.63) is 29.0 Å². The predicted molar refractivity (Wildman–Crippen MR) is 65.4 cm³/mol. The zero-order valence-corrected chi connectivity index (χ0v) is 11.1. The summed E-state index contributed by atoms with van der Waals surface area (Å²) in [5, 5.41) is 8.86. The first-order valence-corrected chi connectivity index (χ1v) is 7.30. The Bertz CT molecular complexity index is 557. The van der Waals surface area contributed by atoms with Gasteiger partial charge in [0, 0.05) is 18.6 Å². The minimum Gasteiger partial charge on any atom is -0.396 e. The third kappa shape index (κ3) is 2.83. The van der Waals surface area contributed by atoms with E-state index in [9.17, 15) is 12.8 Å². The van der Waals surface area contributed by atoms with E-state index in [1.165, 1.54) is 0 Å². The summed E-state index contributed by atoms with van der Waals surface area (Å²) < 4.78 is 39.2. The van der Waals surface area contributed by atoms with Crippen molar-refractivity contribution in [1.29, 1.82) is 0 Å². The highest BCUT2D eigenvalue weighted by Crippen LogP contribution is 2.44. The van der Waals surface area contributed by atoms with Crippen LogP contribution in [0.1, 0.15) is 12.8 Å². The number of benzene rings is 1. The van der Waals surface area contributed by atoms with Crippen LogP contribution in [0.5, 0.6) is 0 Å². The summed E-state index contributed by atoms with van der Waals surface area (Å²) in [6.45, 7) is 0.139. The van der Waals surface area contributed by atoms with Gasteiger partial charge in [0.05, 0.1) is 9.92 Å². The molecule has 0 unspecified atom stereocenters. The number of sulfonamides is 1. The summed E-state index contributed by atoms with van der Waals surface area (Å²) in [5.41, 5.74) is -0.323. The zero-order chi connectivity index (χ0) is 13.4. The standard InChI is InChI=1S/C11H13ClFNO3S/c12-9-5-8(1-2-10(9)13)18(16,17)14-6-11(7-15)3-4-11/h1-2,5,14-15H,3-4,6-7H2. The summed E-state index contributed by atoms with van der Waals surface area (Å²) in [7, 11) is -3.72. The van der Waals surface area contributed by atoms with Crippen LogP contribution in [-0.4, -0.2) is 26.7 Å². The zero-order valence-electron chi connectivity index (χ0n) is 9.49. The van der Waals surface area contributed by atoms with Gasteiger partial charge in [-0.15, -0.1) is 0 Å². The second-order valence-electron chi connectivity index (χ2n) is 4.56. The lowest BCUT2D eigenvalue weighted by Crippen LogP contribution is -2.31. The summed E-state index contributed by atoms with van der Waals surface area (Å²) >= 11 is 5.54. The first kappa shape index (κ1) is 13.7. The minimum atomic E-state index is -3.72. The smallest absolute Gasteiger partial charge is 0.240 e. The molecule has 0 atom stereocenters. The van der Waals surface area contributed by atoms with Crippen molar-refractivity contribution in [3.8, 4) is 0 Å². The number of hydrogen-bond donors (Lipinski definition) is 2. The lowest BCUT2D eigenvalue weighted by atomic mass is 10.1. The average Bonchev–Trinajstić information content (AvgIpc) is 3.11. The van der Waals surface area contributed by atoms with E-state index in [2.05, 4.69) is 4.72 Å². The molecule has 2 rings (SSSR count). The van der Waals surface area contributed by atoms with Crippen LogP contribution in [0.25, 0.3) is 0 Å². The van der Waals surface area contributed by atoms with Crippen LogP contribution < -0.4 is 4.72 Å². The van der Waals surface area contributed by atoms with Gasteiger partial charge in [-0.05, 0) is 31.0 Å². The first-order chi connectivity index (χ1) is 8.38. The fourth-order valence-corrected chi connectivity index (χ4v) is 2.97. The highest BCUT2D eigenvalue weighted by molar-refractivity contribution is 7.89. The molecule has 0 saturated heterocycles. The molecule has 1 aromatic rings. The number of rotatable bonds is 5. The molecule has 18 heavy (non-hydrogen) atoms. The van der Waals surface area contributed by atoms with Crippen LogP contribution in [0, 0.1) is 11.2 Å². The summed E-state index contributed by atoms with van der Waals surface area (Å²) in [6, 6.07) is 3.23. The van der Waals surface area contributed by atoms with Gasteiger partial charge in [-0.2, -0.15) is 0 Å². The Hall–Kier alpha value is -0.690. The molecule has 100 valence electrons. The quantitative estimate of drug-likeness (QED) is 0.865. The maximum atomic E-state index is 12.9. The van der Waals surface area contributed by atoms with Gasteiger partial charge in [-0.1, -0.05) is 11.6 Å². The lowest BCUT2D eigenvalue weighted by Gasteiger charge is -2.13. The van der Waals surface area contributed by atoms with E-state index >= 15 is 0 Å². The minimum absolute atomic E-state index is 0.0420. The Morgan fingerprint density at radius 1 is 1.44 bits per heavy atom. The van der Waals surface area contributed by atoms with Crippen molar-refractivity contribution in [2.24, 2.45) is 5.41 Å². The Balaban J connectivity index is 2.13. The summed E-state index contributed by atoms with van der Waals surface area (Å²) in [5.74, 6) is -0.662. The highest BCUT2D eigenvalue weighted by atomic mass is 35.5. The van der Waals surface area contributed by atoms with Gasteiger partial charge in [0.2, 0.25) is 10.0 Å². The normalized spacial score (nSPS) is 17.7. The first-order valence-electron chi connectivity index (χ1n) is 5.44. The molecule has 0 amide bonds. The Morgan fingerprint density at radius 2 is 2.11 bits per heavy atom. The highest BCUT2D eigenvalue weighted by Gasteiger charge is 2.42. The second-order valence-corrected chi connectivity index (χ2v) is 6.73. The number of nitrogens with one attached hydrogen (secondary N) is 1. The fraction of sp³-hybridized carbons (Fsp3) is 0.455. The molecule has 1 aliphatic rings. The molecule has 2 N–H and O–H groups in total. The number of aliphatic hydroxyl groups excluding tert-OH is 1. The van der Waals surface area contributed by atoms with Crippen molar-refractivity contribution in [2.45, 2.75) is 17.7 Å². The van der Waals surface area contributed by atoms with Crippen LogP contribution in [0.2, 0.25) is 5.02 Å². The van der Waals surface area contributed by atoms with Gasteiger partial charge in [-0.3, -0.25) is 0 Å². The Kier molecular flexibility index (Phi) is 3.64. The van der Waals surface area contributed by atoms with Crippen molar-refractivity contribution < 1.29 is 17.9 Å². The van der Waals surface area contributed by atoms with Crippen LogP contribution >= 0.6 is 11.6 Å². The lowest BCUT2D eigenvalue weighted by molar-refractivity contribution is 0.213. The van der Waals surface area contributed by atoms with Gasteiger partial charge < -0.3 is 5.11 Å². The number of halogens is 2. The molecule has 1 aliphatic carbocycles. The molecule has 0 radical (unpaired) electrons. The van der Waals surface area contributed by atoms with E-state index in [4.69, 9.17) is 16.7 Å². The SMILES string of the molecule is O=S(=O)(NCC1(CO)CC1)c1ccc(F)c(Cl)c1. The second kappa shape index (κ2) is 4.77. The maximum absolute atomic E-state index is 12.9. The van der Waals surface area contributed by atoms with Gasteiger partial charge in [0.1, 0.15) is 5.82 Å². The number of hydrogen-bond acceptors (Lipinski definition) is 3. The molecule has 1 aromatic carbocycles. The molecule has 7 heteroatoms. The van der Waals surface area contributed by atoms with Crippen LogP contribution in [0.4, 0.5) is 4.39 Å². The van der Waals surface area contributed by atoms with E-state index in [0.717, 1.165) is 31.0 Å². The van der Waals surface area contributed by atoms with E-state index in [-0.39, 0.29) is 28.5 Å². The molecule has 0 aromatic heterocycles. The third-order valence-corrected chi connectivity index (χ3v) is 4.82. The maximum Gasteiger partial charge on any atom is 0.240 e. The van der Waals surface area contributed by atoms with Crippen LogP contribution in [0.3, 0.4) is 0 Å². The predicted octanol–water partition coefficient (Wildman–Crippen LogP) is 1.53. The van der Waals surface area contributed by atoms with Crippen molar-refractivity contribution >= 4 is 21.6 Å². The van der Waals surface area contributed by atoms with E-state index in [1.54, 1.807) is 0 Å². The van der Waals surface area contributed by atoms with E-state index in [1.807, 2.05) is 0 Å². The topological polar surface area (TPSA) is 66.4 Å². The number of aliphatic hydroxyl groups is 1. The monoisotopic (exact) mass is 293 g/mol. The van der Waals surface area contributed by atoms with Crippen molar-refractivity contribution in [2.75, 3.05) is 13.2 Å². The molecule has 1 saturated carbocycles. The molecule has 4 nitrogen and oxygen atoms in total. The molecule has 0 bridgehead atoms. The molecular formula is C11H13ClFNO3S. The average molecular weight is 294 g/mol. The molecule has 0 heterocycles. The summed E-state index contributed by atoms with van der Waals surface area (Å²) in [6.07, 6.45) is 1.60. The Morgan fingerprint density at radius 3 is 2.61 bits per heavy atom. The fourth-order valence-electron chi connectivity index (χ4n) is 1.54. The molecular weight excluding hydrogens is 281 g/mol. The largest absolute Gasteiger partial charge is 0.396 e. The van der Waals surface area contributed by atoms with Crippen LogP contribution in [-0.2, 0) is 10.0 Å². The molecule has 0 aliphatic heterocycles. The van der Waals surface area contributed by atoms with E-state index in [0.29, 0.717) is 0 Å². The Labute approximate surface area is 110 Å². The van der Waals surface area contributed by atoms with E-state index < -0.39 is 15.8 Å². The summed E-state index contributed by atoms with van der Waals surface area (Å²) in [4.78, 5) is -0.0809. The van der Waals surface area contributed by atoms with Gasteiger partial charge in [-0.25, -0.2) is 17.5 Å². The molecule has 1 fully saturated rings. The third-order valence-electron chi connectivity index (χ3n) is 3.13. The van der Waals surface area contributed by atoms with Gasteiger partial charge >= 0.3 is 0 Å². The van der Waals surface area contributed by atoms with Gasteiger partial charge in [0.15, 0.2) is 0 Å². The van der Waals surface area contributed by atoms with Crippen molar-refractivity contribution in [3.63, 3.8) is 0 Å². The van der Waals surface area contributed by atoms with Gasteiger partial charge in [0.25, 0.3) is 0 Å².